The van der Waals surface area contributed by atoms with Crippen LogP contribution in [0.1, 0.15) is 30.2 Å². The summed E-state index contributed by atoms with van der Waals surface area (Å²) < 4.78 is 29.9. The Kier molecular flexibility index (Phi) is 5.02. The van der Waals surface area contributed by atoms with Crippen molar-refractivity contribution < 1.29 is 23.2 Å². The molecular weight excluding hydrogens is 276 g/mol. The Balaban J connectivity index is 3.36. The fraction of sp³-hybridized carbons (Fsp3) is 0.364. The highest BCUT2D eigenvalue weighted by molar-refractivity contribution is 5.74. The molecule has 0 bridgehead atoms. The smallest absolute Gasteiger partial charge is 0.314 e. The minimum atomic E-state index is -3.20. The molecule has 0 amide bonds. The Morgan fingerprint density at radius 3 is 2.75 bits per heavy atom. The number of nitro groups is 1. The molecule has 106 valence electrons. The van der Waals surface area contributed by atoms with Crippen LogP contribution in [0.5, 0.6) is 0 Å². The first-order chi connectivity index (χ1) is 9.42. The van der Waals surface area contributed by atoms with Gasteiger partial charge in [0.25, 0.3) is 6.43 Å². The molecule has 0 atom stereocenters. The number of alkyl halides is 2. The maximum absolute atomic E-state index is 12.7. The average molecular weight is 285 g/mol. The van der Waals surface area contributed by atoms with E-state index in [1.165, 1.54) is 6.07 Å². The van der Waals surface area contributed by atoms with Gasteiger partial charge >= 0.3 is 11.7 Å². The fourth-order valence-electron chi connectivity index (χ4n) is 1.52. The van der Waals surface area contributed by atoms with E-state index in [9.17, 15) is 23.7 Å². The predicted octanol–water partition coefficient (Wildman–Crippen LogP) is 1.90. The van der Waals surface area contributed by atoms with E-state index >= 15 is 0 Å². The summed E-state index contributed by atoms with van der Waals surface area (Å²) in [6.07, 6.45) is -2.79. The predicted molar refractivity (Wildman–Crippen MR) is 60.9 cm³/mol. The van der Waals surface area contributed by atoms with E-state index in [1.807, 2.05) is 0 Å². The zero-order chi connectivity index (χ0) is 15.3. The van der Waals surface area contributed by atoms with E-state index in [1.54, 1.807) is 6.92 Å². The zero-order valence-corrected chi connectivity index (χ0v) is 10.3. The number of nitrogens with zero attached hydrogens (tertiary/aromatic N) is 3. The van der Waals surface area contributed by atoms with Crippen molar-refractivity contribution >= 4 is 11.7 Å². The van der Waals surface area contributed by atoms with Crippen LogP contribution in [0.15, 0.2) is 6.20 Å². The molecule has 20 heavy (non-hydrogen) atoms. The molecule has 1 aromatic heterocycles. The first-order valence-electron chi connectivity index (χ1n) is 5.42. The van der Waals surface area contributed by atoms with Gasteiger partial charge in [-0.3, -0.25) is 14.9 Å². The minimum absolute atomic E-state index is 0.0887. The molecule has 0 saturated heterocycles. The van der Waals surface area contributed by atoms with Crippen molar-refractivity contribution in [1.29, 1.82) is 5.26 Å². The van der Waals surface area contributed by atoms with Crippen molar-refractivity contribution in [2.75, 3.05) is 6.61 Å². The second kappa shape index (κ2) is 6.51. The van der Waals surface area contributed by atoms with Crippen LogP contribution in [0.25, 0.3) is 0 Å². The normalized spacial score (nSPS) is 10.2. The van der Waals surface area contributed by atoms with Gasteiger partial charge in [-0.1, -0.05) is 0 Å². The van der Waals surface area contributed by atoms with Crippen LogP contribution in [0, 0.1) is 21.4 Å². The van der Waals surface area contributed by atoms with E-state index in [-0.39, 0.29) is 12.2 Å². The van der Waals surface area contributed by atoms with Gasteiger partial charge in [-0.15, -0.1) is 0 Å². The summed E-state index contributed by atoms with van der Waals surface area (Å²) in [4.78, 5) is 24.3. The van der Waals surface area contributed by atoms with Gasteiger partial charge < -0.3 is 4.74 Å². The summed E-state index contributed by atoms with van der Waals surface area (Å²) in [6, 6.07) is 1.47. The van der Waals surface area contributed by atoms with Crippen molar-refractivity contribution in [3.8, 4) is 6.07 Å². The standard InChI is InChI=1S/C11H9F2N3O4/c1-2-20-8(17)3-6-5-15-9(11(12)13)10(16(18)19)7(6)4-14/h5,11H,2-3H2,1H3. The number of nitriles is 1. The lowest BCUT2D eigenvalue weighted by Gasteiger charge is -2.07. The van der Waals surface area contributed by atoms with Gasteiger partial charge in [-0.05, 0) is 6.92 Å². The molecule has 0 spiro atoms. The van der Waals surface area contributed by atoms with Gasteiger partial charge in [0.05, 0.1) is 18.0 Å². The molecule has 0 fully saturated rings. The number of hydrogen-bond acceptors (Lipinski definition) is 6. The van der Waals surface area contributed by atoms with Crippen molar-refractivity contribution in [2.24, 2.45) is 0 Å². The van der Waals surface area contributed by atoms with Gasteiger partial charge in [-0.25, -0.2) is 13.8 Å². The van der Waals surface area contributed by atoms with Crippen LogP contribution < -0.4 is 0 Å². The molecule has 0 aliphatic heterocycles. The Bertz CT molecular complexity index is 584. The highest BCUT2D eigenvalue weighted by Gasteiger charge is 2.30. The van der Waals surface area contributed by atoms with Crippen LogP contribution in [0.2, 0.25) is 0 Å². The summed E-state index contributed by atoms with van der Waals surface area (Å²) >= 11 is 0. The number of ether oxygens (including phenoxy) is 1. The van der Waals surface area contributed by atoms with Gasteiger partial charge in [0.1, 0.15) is 11.6 Å². The van der Waals surface area contributed by atoms with E-state index in [0.29, 0.717) is 0 Å². The van der Waals surface area contributed by atoms with E-state index in [4.69, 9.17) is 5.26 Å². The molecular formula is C11H9F2N3O4. The summed E-state index contributed by atoms with van der Waals surface area (Å²) in [5, 5.41) is 19.8. The van der Waals surface area contributed by atoms with Crippen molar-refractivity contribution in [3.05, 3.63) is 33.1 Å². The Labute approximate surface area is 111 Å². The number of hydrogen-bond donors (Lipinski definition) is 0. The highest BCUT2D eigenvalue weighted by atomic mass is 19.3. The molecule has 9 heteroatoms. The van der Waals surface area contributed by atoms with E-state index in [2.05, 4.69) is 9.72 Å². The van der Waals surface area contributed by atoms with Crippen LogP contribution in [-0.2, 0) is 16.0 Å². The van der Waals surface area contributed by atoms with Crippen molar-refractivity contribution in [3.63, 3.8) is 0 Å². The number of carbonyl (C=O) groups is 1. The summed E-state index contributed by atoms with van der Waals surface area (Å²) in [5.41, 5.74) is -2.90. The molecule has 0 radical (unpaired) electrons. The molecule has 0 aliphatic rings. The number of carbonyl (C=O) groups excluding carboxylic acids is 1. The lowest BCUT2D eigenvalue weighted by atomic mass is 10.0. The van der Waals surface area contributed by atoms with Gasteiger partial charge in [-0.2, -0.15) is 5.26 Å². The highest BCUT2D eigenvalue weighted by Crippen LogP contribution is 2.31. The van der Waals surface area contributed by atoms with Gasteiger partial charge in [0.2, 0.25) is 0 Å². The van der Waals surface area contributed by atoms with Gasteiger partial charge in [0.15, 0.2) is 5.69 Å². The first-order valence-corrected chi connectivity index (χ1v) is 5.42. The number of halogens is 2. The summed E-state index contributed by atoms with van der Waals surface area (Å²) in [7, 11) is 0. The molecule has 7 nitrogen and oxygen atoms in total. The molecule has 0 aliphatic carbocycles. The zero-order valence-electron chi connectivity index (χ0n) is 10.3. The third-order valence-corrected chi connectivity index (χ3v) is 2.30. The second-order valence-corrected chi connectivity index (χ2v) is 3.54. The second-order valence-electron chi connectivity index (χ2n) is 3.54. The Morgan fingerprint density at radius 1 is 1.65 bits per heavy atom. The number of aromatic nitrogens is 1. The largest absolute Gasteiger partial charge is 0.466 e. The number of esters is 1. The SMILES string of the molecule is CCOC(=O)Cc1cnc(C(F)F)c([N+](=O)[O-])c1C#N. The molecule has 1 rings (SSSR count). The summed E-state index contributed by atoms with van der Waals surface area (Å²) in [6.45, 7) is 1.65. The fourth-order valence-corrected chi connectivity index (χ4v) is 1.52. The number of pyridine rings is 1. The van der Waals surface area contributed by atoms with Crippen molar-refractivity contribution in [2.45, 2.75) is 19.8 Å². The lowest BCUT2D eigenvalue weighted by molar-refractivity contribution is -0.386. The lowest BCUT2D eigenvalue weighted by Crippen LogP contribution is -2.11. The monoisotopic (exact) mass is 285 g/mol. The first kappa shape index (κ1) is 15.4. The molecule has 0 N–H and O–H groups in total. The Hall–Kier alpha value is -2.63. The molecule has 0 aromatic carbocycles. The topological polar surface area (TPSA) is 106 Å². The van der Waals surface area contributed by atoms with Crippen LogP contribution >= 0.6 is 0 Å². The quantitative estimate of drug-likeness (QED) is 0.464. The maximum Gasteiger partial charge on any atom is 0.314 e. The Morgan fingerprint density at radius 2 is 2.30 bits per heavy atom. The maximum atomic E-state index is 12.7. The molecule has 1 aromatic rings. The van der Waals surface area contributed by atoms with Crippen LogP contribution in [-0.4, -0.2) is 22.5 Å². The summed E-state index contributed by atoms with van der Waals surface area (Å²) in [5.74, 6) is -0.732. The number of rotatable bonds is 5. The van der Waals surface area contributed by atoms with Gasteiger partial charge in [0, 0.05) is 11.8 Å². The van der Waals surface area contributed by atoms with E-state index < -0.39 is 40.7 Å². The van der Waals surface area contributed by atoms with Crippen LogP contribution in [0.3, 0.4) is 0 Å². The average Bonchev–Trinajstić information content (AvgIpc) is 2.37. The van der Waals surface area contributed by atoms with Crippen LogP contribution in [0.4, 0.5) is 14.5 Å². The van der Waals surface area contributed by atoms with Crippen molar-refractivity contribution in [1.82, 2.24) is 4.98 Å². The molecule has 0 unspecified atom stereocenters. The third-order valence-electron chi connectivity index (χ3n) is 2.30. The molecule has 0 saturated carbocycles. The van der Waals surface area contributed by atoms with E-state index in [0.717, 1.165) is 6.20 Å². The third kappa shape index (κ3) is 3.23. The minimum Gasteiger partial charge on any atom is -0.466 e. The molecule has 1 heterocycles.